The third-order valence-electron chi connectivity index (χ3n) is 5.38. The van der Waals surface area contributed by atoms with E-state index in [4.69, 9.17) is 4.74 Å². The summed E-state index contributed by atoms with van der Waals surface area (Å²) in [5, 5.41) is 13.2. The highest BCUT2D eigenvalue weighted by Gasteiger charge is 2.22. The predicted octanol–water partition coefficient (Wildman–Crippen LogP) is 4.46. The Balaban J connectivity index is 1.81. The number of hydrogen-bond donors (Lipinski definition) is 2. The zero-order chi connectivity index (χ0) is 21.0. The first-order valence-electron chi connectivity index (χ1n) is 9.71. The maximum Gasteiger partial charge on any atom is 0.337 e. The molecule has 1 aromatic heterocycles. The van der Waals surface area contributed by atoms with Crippen LogP contribution in [0.5, 0.6) is 5.75 Å². The lowest BCUT2D eigenvalue weighted by molar-refractivity contribution is 0.0694. The van der Waals surface area contributed by atoms with Crippen molar-refractivity contribution < 1.29 is 14.6 Å². The van der Waals surface area contributed by atoms with E-state index >= 15 is 0 Å². The van der Waals surface area contributed by atoms with Crippen molar-refractivity contribution in [2.45, 2.75) is 40.4 Å². The Morgan fingerprint density at radius 1 is 0.931 bits per heavy atom. The number of benzene rings is 2. The van der Waals surface area contributed by atoms with Crippen molar-refractivity contribution in [3.63, 3.8) is 0 Å². The number of ether oxygens (including phenoxy) is 1. The van der Waals surface area contributed by atoms with Gasteiger partial charge in [-0.3, -0.25) is 0 Å². The van der Waals surface area contributed by atoms with E-state index in [-0.39, 0.29) is 0 Å². The smallest absolute Gasteiger partial charge is 0.337 e. The monoisotopic (exact) mass is 392 g/mol. The Morgan fingerprint density at radius 2 is 1.55 bits per heavy atom. The first-order valence-corrected chi connectivity index (χ1v) is 9.71. The van der Waals surface area contributed by atoms with Gasteiger partial charge in [0.15, 0.2) is 0 Å². The van der Waals surface area contributed by atoms with Crippen LogP contribution in [0.25, 0.3) is 0 Å². The highest BCUT2D eigenvalue weighted by molar-refractivity contribution is 5.91. The molecule has 5 heteroatoms. The minimum Gasteiger partial charge on any atom is -0.497 e. The lowest BCUT2D eigenvalue weighted by Crippen LogP contribution is -2.15. The number of nitrogens with zero attached hydrogens (tertiary/aromatic N) is 1. The van der Waals surface area contributed by atoms with Crippen LogP contribution >= 0.6 is 0 Å². The fraction of sp³-hybridized carbons (Fsp3) is 0.292. The first kappa shape index (κ1) is 20.7. The Labute approximate surface area is 172 Å². The average molecular weight is 392 g/mol. The summed E-state index contributed by atoms with van der Waals surface area (Å²) in [6.07, 6.45) is 0. The van der Waals surface area contributed by atoms with Crippen LogP contribution < -0.4 is 10.1 Å². The number of hydrogen-bond acceptors (Lipinski definition) is 3. The molecule has 3 aromatic rings. The third-order valence-corrected chi connectivity index (χ3v) is 5.38. The molecule has 0 saturated carbocycles. The number of carboxylic acids is 1. The highest BCUT2D eigenvalue weighted by atomic mass is 16.5. The van der Waals surface area contributed by atoms with Gasteiger partial charge in [0.1, 0.15) is 5.75 Å². The van der Waals surface area contributed by atoms with Crippen LogP contribution in [0.15, 0.2) is 48.5 Å². The summed E-state index contributed by atoms with van der Waals surface area (Å²) in [4.78, 5) is 12.0. The lowest BCUT2D eigenvalue weighted by atomic mass is 10.1. The Hall–Kier alpha value is -3.05. The molecule has 2 N–H and O–H groups in total. The molecular formula is C24H28N2O3. The van der Waals surface area contributed by atoms with Gasteiger partial charge in [0.2, 0.25) is 0 Å². The summed E-state index contributed by atoms with van der Waals surface area (Å²) >= 11 is 0. The van der Waals surface area contributed by atoms with E-state index in [0.717, 1.165) is 28.3 Å². The number of methoxy groups -OCH3 is 1. The molecule has 0 amide bonds. The molecule has 0 radical (unpaired) electrons. The molecule has 0 bridgehead atoms. The summed E-state index contributed by atoms with van der Waals surface area (Å²) in [5.41, 5.74) is 6.50. The molecule has 0 aliphatic rings. The number of aromatic carboxylic acids is 1. The van der Waals surface area contributed by atoms with E-state index in [1.165, 1.54) is 11.1 Å². The van der Waals surface area contributed by atoms with Crippen LogP contribution in [0.2, 0.25) is 0 Å². The van der Waals surface area contributed by atoms with Crippen molar-refractivity contribution in [2.75, 3.05) is 7.11 Å². The van der Waals surface area contributed by atoms with Gasteiger partial charge in [-0.1, -0.05) is 42.0 Å². The summed E-state index contributed by atoms with van der Waals surface area (Å²) in [6.45, 7) is 7.77. The topological polar surface area (TPSA) is 63.5 Å². The fourth-order valence-corrected chi connectivity index (χ4v) is 3.64. The Morgan fingerprint density at radius 3 is 2.14 bits per heavy atom. The molecule has 0 saturated heterocycles. The van der Waals surface area contributed by atoms with Crippen LogP contribution in [0.4, 0.5) is 0 Å². The van der Waals surface area contributed by atoms with Crippen molar-refractivity contribution in [1.82, 2.24) is 9.88 Å². The minimum atomic E-state index is -0.883. The molecule has 0 aliphatic heterocycles. The second-order valence-electron chi connectivity index (χ2n) is 7.35. The van der Waals surface area contributed by atoms with Crippen molar-refractivity contribution in [2.24, 2.45) is 0 Å². The van der Waals surface area contributed by atoms with Gasteiger partial charge < -0.3 is 19.7 Å². The van der Waals surface area contributed by atoms with Gasteiger partial charge in [0, 0.05) is 36.6 Å². The lowest BCUT2D eigenvalue weighted by Gasteiger charge is -2.11. The SMILES string of the molecule is COc1ccc(Cn2c(C)c(CNCc3ccc(C)cc3)c(C(=O)O)c2C)cc1. The van der Waals surface area contributed by atoms with E-state index in [1.54, 1.807) is 7.11 Å². The number of nitrogens with one attached hydrogen (secondary N) is 1. The molecule has 5 nitrogen and oxygen atoms in total. The third kappa shape index (κ3) is 4.69. The van der Waals surface area contributed by atoms with Gasteiger partial charge in [-0.15, -0.1) is 0 Å². The first-order chi connectivity index (χ1) is 13.9. The maximum absolute atomic E-state index is 12.0. The summed E-state index contributed by atoms with van der Waals surface area (Å²) in [5.74, 6) is -0.0758. The number of carbonyl (C=O) groups is 1. The van der Waals surface area contributed by atoms with E-state index in [9.17, 15) is 9.90 Å². The second kappa shape index (κ2) is 8.97. The standard InChI is InChI=1S/C24H28N2O3/c1-16-5-7-19(8-6-16)13-25-14-22-17(2)26(18(3)23(22)24(27)28)15-20-9-11-21(29-4)12-10-20/h5-12,25H,13-15H2,1-4H3,(H,27,28). The van der Waals surface area contributed by atoms with Gasteiger partial charge in [-0.05, 0) is 44.0 Å². The fourth-order valence-electron chi connectivity index (χ4n) is 3.64. The Kier molecular flexibility index (Phi) is 6.39. The second-order valence-corrected chi connectivity index (χ2v) is 7.35. The van der Waals surface area contributed by atoms with Crippen LogP contribution in [0, 0.1) is 20.8 Å². The van der Waals surface area contributed by atoms with Crippen molar-refractivity contribution in [3.8, 4) is 5.75 Å². The number of rotatable bonds is 8. The molecule has 29 heavy (non-hydrogen) atoms. The molecule has 152 valence electrons. The van der Waals surface area contributed by atoms with Crippen LogP contribution in [-0.4, -0.2) is 22.8 Å². The molecule has 0 aliphatic carbocycles. The van der Waals surface area contributed by atoms with Crippen molar-refractivity contribution in [1.29, 1.82) is 0 Å². The van der Waals surface area contributed by atoms with Crippen molar-refractivity contribution >= 4 is 5.97 Å². The largest absolute Gasteiger partial charge is 0.497 e. The molecule has 1 heterocycles. The number of carboxylic acid groups (broad SMARTS) is 1. The van der Waals surface area contributed by atoms with E-state index in [2.05, 4.69) is 41.1 Å². The van der Waals surface area contributed by atoms with Crippen molar-refractivity contribution in [3.05, 3.63) is 87.7 Å². The Bertz CT molecular complexity index is 986. The molecule has 2 aromatic carbocycles. The minimum absolute atomic E-state index is 0.396. The van der Waals surface area contributed by atoms with Crippen LogP contribution in [-0.2, 0) is 19.6 Å². The van der Waals surface area contributed by atoms with Gasteiger partial charge in [-0.25, -0.2) is 4.79 Å². The molecule has 3 rings (SSSR count). The predicted molar refractivity (Wildman–Crippen MR) is 115 cm³/mol. The maximum atomic E-state index is 12.0. The summed E-state index contributed by atoms with van der Waals surface area (Å²) in [7, 11) is 1.64. The van der Waals surface area contributed by atoms with E-state index in [1.807, 2.05) is 38.1 Å². The average Bonchev–Trinajstić information content (AvgIpc) is 2.94. The normalized spacial score (nSPS) is 10.9. The highest BCUT2D eigenvalue weighted by Crippen LogP contribution is 2.24. The van der Waals surface area contributed by atoms with Gasteiger partial charge in [0.05, 0.1) is 12.7 Å². The van der Waals surface area contributed by atoms with Crippen LogP contribution in [0.3, 0.4) is 0 Å². The van der Waals surface area contributed by atoms with Gasteiger partial charge in [-0.2, -0.15) is 0 Å². The quantitative estimate of drug-likeness (QED) is 0.594. The van der Waals surface area contributed by atoms with E-state index < -0.39 is 5.97 Å². The zero-order valence-corrected chi connectivity index (χ0v) is 17.5. The molecular weight excluding hydrogens is 364 g/mol. The molecule has 0 spiro atoms. The summed E-state index contributed by atoms with van der Waals surface area (Å²) in [6, 6.07) is 16.2. The molecule has 0 atom stereocenters. The van der Waals surface area contributed by atoms with E-state index in [0.29, 0.717) is 25.2 Å². The number of aromatic nitrogens is 1. The molecule has 0 unspecified atom stereocenters. The van der Waals surface area contributed by atoms with Crippen LogP contribution in [0.1, 0.15) is 44.0 Å². The summed E-state index contributed by atoms with van der Waals surface area (Å²) < 4.78 is 7.29. The zero-order valence-electron chi connectivity index (χ0n) is 17.5. The van der Waals surface area contributed by atoms with Gasteiger partial charge in [0.25, 0.3) is 0 Å². The molecule has 0 fully saturated rings. The number of aryl methyl sites for hydroxylation is 1. The van der Waals surface area contributed by atoms with Gasteiger partial charge >= 0.3 is 5.97 Å².